The van der Waals surface area contributed by atoms with Gasteiger partial charge in [-0.1, -0.05) is 79.1 Å². The molecule has 0 unspecified atom stereocenters. The highest BCUT2D eigenvalue weighted by Crippen LogP contribution is 2.47. The molecule has 1 heterocycles. The average molecular weight is 398 g/mol. The van der Waals surface area contributed by atoms with Crippen molar-refractivity contribution in [3.63, 3.8) is 0 Å². The quantitative estimate of drug-likeness (QED) is 0.227. The van der Waals surface area contributed by atoms with E-state index in [1.165, 1.54) is 64.5 Å². The predicted octanol–water partition coefficient (Wildman–Crippen LogP) is 6.82. The molecule has 1 N–H and O–H groups in total. The second kappa shape index (κ2) is 13.5. The summed E-state index contributed by atoms with van der Waals surface area (Å²) >= 11 is 0. The molecule has 1 fully saturated rings. The van der Waals surface area contributed by atoms with Crippen molar-refractivity contribution in [1.29, 1.82) is 0 Å². The van der Waals surface area contributed by atoms with Crippen molar-refractivity contribution in [2.75, 3.05) is 19.6 Å². The van der Waals surface area contributed by atoms with E-state index in [-0.39, 0.29) is 0 Å². The molecule has 1 saturated heterocycles. The molecule has 0 saturated carbocycles. The fraction of sp³-hybridized carbons (Fsp3) is 0.955. The van der Waals surface area contributed by atoms with Gasteiger partial charge < -0.3 is 9.55 Å². The van der Waals surface area contributed by atoms with Gasteiger partial charge in [0.2, 0.25) is 0 Å². The van der Waals surface area contributed by atoms with Gasteiger partial charge in [0.1, 0.15) is 16.5 Å². The Bertz CT molecular complexity index is 305. The standard InChI is InChI=1S/C22H49N2Si2/c1-6-11-17-25(18-12-7-2)21-22-26(19-13-8-3,20-14-9-4)24(25)16-15-23-10-5/h23H,5-22H2,1-4H3. The molecule has 1 rings (SSSR count). The van der Waals surface area contributed by atoms with E-state index in [1.54, 1.807) is 36.3 Å². The lowest BCUT2D eigenvalue weighted by Crippen LogP contribution is -2.61. The van der Waals surface area contributed by atoms with Gasteiger partial charge in [-0.15, -0.1) is 0 Å². The highest BCUT2D eigenvalue weighted by atomic mass is 28.4. The zero-order valence-electron chi connectivity index (χ0n) is 18.7. The number of nitrogens with zero attached hydrogens (tertiary/aromatic N) is 1. The zero-order chi connectivity index (χ0) is 19.3. The van der Waals surface area contributed by atoms with Crippen LogP contribution in [0.5, 0.6) is 0 Å². The average Bonchev–Trinajstić information content (AvgIpc) is 2.96. The van der Waals surface area contributed by atoms with E-state index in [0.717, 1.165) is 6.54 Å². The van der Waals surface area contributed by atoms with Gasteiger partial charge in [-0.05, 0) is 56.3 Å². The Morgan fingerprint density at radius 2 is 1.12 bits per heavy atom. The maximum atomic E-state index is 4.01. The molecule has 0 spiro atoms. The normalized spacial score (nSPS) is 19.3. The summed E-state index contributed by atoms with van der Waals surface area (Å²) in [6, 6.07) is 9.61. The minimum Gasteiger partial charge on any atom is -0.344 e. The summed E-state index contributed by atoms with van der Waals surface area (Å²) in [6.45, 7) is 17.0. The monoisotopic (exact) mass is 397 g/mol. The Morgan fingerprint density at radius 1 is 0.731 bits per heavy atom. The predicted molar refractivity (Wildman–Crippen MR) is 125 cm³/mol. The van der Waals surface area contributed by atoms with Crippen LogP contribution in [0.3, 0.4) is 0 Å². The first kappa shape index (κ1) is 24.4. The van der Waals surface area contributed by atoms with Gasteiger partial charge >= 0.3 is 0 Å². The molecular formula is C22H49N2Si2. The fourth-order valence-electron chi connectivity index (χ4n) is 5.34. The van der Waals surface area contributed by atoms with Gasteiger partial charge in [-0.25, -0.2) is 0 Å². The van der Waals surface area contributed by atoms with Gasteiger partial charge in [-0.3, -0.25) is 0 Å². The molecule has 0 aromatic rings. The van der Waals surface area contributed by atoms with E-state index in [9.17, 15) is 0 Å². The van der Waals surface area contributed by atoms with Crippen LogP contribution in [-0.4, -0.2) is 40.3 Å². The van der Waals surface area contributed by atoms with Gasteiger partial charge in [0.25, 0.3) is 0 Å². The summed E-state index contributed by atoms with van der Waals surface area (Å²) in [5, 5.41) is 3.57. The third-order valence-electron chi connectivity index (χ3n) is 6.87. The van der Waals surface area contributed by atoms with Crippen LogP contribution >= 0.6 is 0 Å². The second-order valence-electron chi connectivity index (χ2n) is 8.76. The smallest absolute Gasteiger partial charge is 0.121 e. The van der Waals surface area contributed by atoms with Crippen molar-refractivity contribution < 1.29 is 0 Å². The van der Waals surface area contributed by atoms with Gasteiger partial charge in [0, 0.05) is 6.54 Å². The number of rotatable bonds is 16. The Balaban J connectivity index is 3.10. The Morgan fingerprint density at radius 3 is 1.42 bits per heavy atom. The lowest BCUT2D eigenvalue weighted by atomic mass is 10.4. The first-order valence-electron chi connectivity index (χ1n) is 11.9. The molecule has 1 radical (unpaired) electrons. The van der Waals surface area contributed by atoms with Crippen molar-refractivity contribution in [2.24, 2.45) is 0 Å². The highest BCUT2D eigenvalue weighted by molar-refractivity contribution is 6.97. The summed E-state index contributed by atoms with van der Waals surface area (Å²) < 4.78 is 3.33. The van der Waals surface area contributed by atoms with E-state index in [2.05, 4.69) is 44.2 Å². The number of hydrogen-bond acceptors (Lipinski definition) is 2. The van der Waals surface area contributed by atoms with E-state index in [1.807, 2.05) is 0 Å². The van der Waals surface area contributed by atoms with Crippen LogP contribution in [0.15, 0.2) is 0 Å². The first-order valence-corrected chi connectivity index (χ1v) is 17.1. The largest absolute Gasteiger partial charge is 0.344 e. The molecule has 155 valence electrons. The van der Waals surface area contributed by atoms with Gasteiger partial charge in [-0.2, -0.15) is 0 Å². The summed E-state index contributed by atoms with van der Waals surface area (Å²) in [7, 11) is -2.51. The third kappa shape index (κ3) is 6.75. The van der Waals surface area contributed by atoms with Gasteiger partial charge in [0.05, 0.1) is 0 Å². The minimum absolute atomic E-state index is 0.880. The molecule has 0 aromatic heterocycles. The van der Waals surface area contributed by atoms with E-state index < -0.39 is 16.5 Å². The number of unbranched alkanes of at least 4 members (excludes halogenated alkanes) is 4. The number of nitrogens with one attached hydrogen (secondary N) is 1. The lowest BCUT2D eigenvalue weighted by Gasteiger charge is -2.47. The van der Waals surface area contributed by atoms with Crippen LogP contribution in [0.1, 0.15) is 79.1 Å². The maximum Gasteiger partial charge on any atom is 0.121 e. The molecule has 0 atom stereocenters. The van der Waals surface area contributed by atoms with Crippen molar-refractivity contribution in [3.8, 4) is 0 Å². The molecule has 0 aromatic carbocycles. The lowest BCUT2D eigenvalue weighted by molar-refractivity contribution is 0.550. The van der Waals surface area contributed by atoms with Crippen LogP contribution in [0.25, 0.3) is 0 Å². The summed E-state index contributed by atoms with van der Waals surface area (Å²) in [6.07, 6.45) is 11.4. The Labute approximate surface area is 168 Å². The second-order valence-corrected chi connectivity index (χ2v) is 18.2. The molecule has 1 aliphatic heterocycles. The molecule has 2 nitrogen and oxygen atoms in total. The molecule has 0 bridgehead atoms. The van der Waals surface area contributed by atoms with Gasteiger partial charge in [0.15, 0.2) is 0 Å². The molecule has 0 aliphatic carbocycles. The minimum atomic E-state index is -1.25. The Hall–Kier alpha value is 0.354. The van der Waals surface area contributed by atoms with Crippen LogP contribution in [0, 0.1) is 6.92 Å². The highest BCUT2D eigenvalue weighted by Gasteiger charge is 2.55. The van der Waals surface area contributed by atoms with Crippen molar-refractivity contribution in [1.82, 2.24) is 9.55 Å². The number of hydrogen-bond donors (Lipinski definition) is 1. The van der Waals surface area contributed by atoms with Crippen molar-refractivity contribution in [3.05, 3.63) is 6.92 Å². The fourth-order valence-corrected chi connectivity index (χ4v) is 23.4. The summed E-state index contributed by atoms with van der Waals surface area (Å²) in [5.74, 6) is 0. The van der Waals surface area contributed by atoms with E-state index in [0.29, 0.717) is 0 Å². The van der Waals surface area contributed by atoms with Crippen LogP contribution in [0.4, 0.5) is 0 Å². The summed E-state index contributed by atoms with van der Waals surface area (Å²) in [5.41, 5.74) is 0. The van der Waals surface area contributed by atoms with Crippen LogP contribution < -0.4 is 5.32 Å². The molecular weight excluding hydrogens is 348 g/mol. The topological polar surface area (TPSA) is 15.3 Å². The third-order valence-corrected chi connectivity index (χ3v) is 20.5. The molecule has 1 aliphatic rings. The zero-order valence-corrected chi connectivity index (χ0v) is 20.7. The van der Waals surface area contributed by atoms with Crippen LogP contribution in [-0.2, 0) is 0 Å². The van der Waals surface area contributed by atoms with E-state index in [4.69, 9.17) is 0 Å². The Kier molecular flexibility index (Phi) is 12.7. The maximum absolute atomic E-state index is 4.01. The SMILES string of the molecule is [CH2]CNCCN1[Si](CCCC)(CCCC)CC[Si]1(CCCC)CCCC. The first-order chi connectivity index (χ1) is 12.6. The van der Waals surface area contributed by atoms with Crippen molar-refractivity contribution >= 4 is 16.5 Å². The molecule has 26 heavy (non-hydrogen) atoms. The van der Waals surface area contributed by atoms with E-state index >= 15 is 0 Å². The van der Waals surface area contributed by atoms with Crippen LogP contribution in [0.2, 0.25) is 36.3 Å². The molecule has 4 heteroatoms. The summed E-state index contributed by atoms with van der Waals surface area (Å²) in [4.78, 5) is 0. The molecule has 0 amide bonds. The van der Waals surface area contributed by atoms with Crippen molar-refractivity contribution in [2.45, 2.75) is 115 Å².